The molecule has 1 heterocycles. The Bertz CT molecular complexity index is 3030. The zero-order chi connectivity index (χ0) is 41.4. The lowest BCUT2D eigenvalue weighted by atomic mass is 9.68. The number of rotatable bonds is 6. The van der Waals surface area contributed by atoms with Crippen molar-refractivity contribution in [3.05, 3.63) is 210 Å². The Balaban J connectivity index is 1.22. The van der Waals surface area contributed by atoms with Crippen LogP contribution in [0.1, 0.15) is 76.3 Å². The lowest BCUT2D eigenvalue weighted by Gasteiger charge is -2.35. The van der Waals surface area contributed by atoms with Crippen molar-refractivity contribution >= 4 is 39.0 Å². The molecule has 0 spiro atoms. The molecular formula is C58H51NO. The summed E-state index contributed by atoms with van der Waals surface area (Å²) in [7, 11) is 0. The van der Waals surface area contributed by atoms with Crippen molar-refractivity contribution in [1.82, 2.24) is 0 Å². The minimum Gasteiger partial charge on any atom is -0.455 e. The number of hydrogen-bond acceptors (Lipinski definition) is 2. The van der Waals surface area contributed by atoms with E-state index in [1.54, 1.807) is 0 Å². The molecule has 60 heavy (non-hydrogen) atoms. The summed E-state index contributed by atoms with van der Waals surface area (Å²) >= 11 is 0. The smallest absolute Gasteiger partial charge is 0.143 e. The fourth-order valence-electron chi connectivity index (χ4n) is 9.66. The zero-order valence-electron chi connectivity index (χ0n) is 35.7. The van der Waals surface area contributed by atoms with Gasteiger partial charge in [-0.1, -0.05) is 187 Å². The molecule has 0 radical (unpaired) electrons. The molecule has 0 N–H and O–H groups in total. The van der Waals surface area contributed by atoms with Gasteiger partial charge in [0.1, 0.15) is 11.2 Å². The molecule has 8 aromatic carbocycles. The van der Waals surface area contributed by atoms with Gasteiger partial charge in [0, 0.05) is 38.7 Å². The van der Waals surface area contributed by atoms with Gasteiger partial charge < -0.3 is 9.32 Å². The van der Waals surface area contributed by atoms with Crippen molar-refractivity contribution in [2.45, 2.75) is 64.7 Å². The van der Waals surface area contributed by atoms with E-state index in [9.17, 15) is 0 Å². The van der Waals surface area contributed by atoms with Crippen LogP contribution in [0, 0.1) is 0 Å². The largest absolute Gasteiger partial charge is 0.455 e. The number of nitrogens with zero attached hydrogens (tertiary/aromatic N) is 1. The van der Waals surface area contributed by atoms with Crippen LogP contribution >= 0.6 is 0 Å². The summed E-state index contributed by atoms with van der Waals surface area (Å²) < 4.78 is 6.50. The molecule has 1 aliphatic carbocycles. The van der Waals surface area contributed by atoms with Crippen LogP contribution in [0.4, 0.5) is 17.1 Å². The maximum atomic E-state index is 6.50. The average molecular weight is 778 g/mol. The van der Waals surface area contributed by atoms with Crippen LogP contribution in [0.25, 0.3) is 55.3 Å². The first-order valence-electron chi connectivity index (χ1n) is 21.3. The standard InChI is InChI=1S/C58H51NO/c1-56(2,3)42-36-48-53-49(58(7,41-20-12-9-13-21-41)54(48)50(37-42)57(4,5)6)25-17-26-51(53)59(43-32-28-39(29-33-43)38-18-10-8-11-19-38)44-34-30-40(31-35-44)45-23-16-24-47-46-22-14-15-27-52(46)60-55(45)47/h8-37H,1-7H3. The van der Waals surface area contributed by atoms with E-state index in [4.69, 9.17) is 4.42 Å². The third-order valence-corrected chi connectivity index (χ3v) is 12.8. The van der Waals surface area contributed by atoms with Crippen LogP contribution in [0.5, 0.6) is 0 Å². The van der Waals surface area contributed by atoms with Crippen molar-refractivity contribution in [3.8, 4) is 33.4 Å². The Morgan fingerprint density at radius 2 is 1.07 bits per heavy atom. The highest BCUT2D eigenvalue weighted by atomic mass is 16.3. The Hall–Kier alpha value is -6.64. The van der Waals surface area contributed by atoms with Gasteiger partial charge in [0.15, 0.2) is 0 Å². The molecule has 1 aromatic heterocycles. The number of para-hydroxylation sites is 2. The molecule has 1 atom stereocenters. The van der Waals surface area contributed by atoms with Crippen LogP contribution in [0.15, 0.2) is 186 Å². The van der Waals surface area contributed by atoms with Crippen molar-refractivity contribution in [3.63, 3.8) is 0 Å². The third kappa shape index (κ3) is 6.08. The number of benzene rings is 8. The summed E-state index contributed by atoms with van der Waals surface area (Å²) in [4.78, 5) is 2.47. The zero-order valence-corrected chi connectivity index (χ0v) is 35.7. The molecule has 0 aliphatic heterocycles. The predicted octanol–water partition coefficient (Wildman–Crippen LogP) is 16.3. The molecule has 2 nitrogen and oxygen atoms in total. The highest BCUT2D eigenvalue weighted by molar-refractivity contribution is 6.09. The van der Waals surface area contributed by atoms with Crippen LogP contribution < -0.4 is 4.90 Å². The van der Waals surface area contributed by atoms with Crippen LogP contribution in [0.2, 0.25) is 0 Å². The molecule has 2 heteroatoms. The third-order valence-electron chi connectivity index (χ3n) is 12.8. The number of anilines is 3. The van der Waals surface area contributed by atoms with E-state index in [2.05, 4.69) is 229 Å². The number of furan rings is 1. The molecule has 10 rings (SSSR count). The average Bonchev–Trinajstić information content (AvgIpc) is 3.78. The Morgan fingerprint density at radius 3 is 1.73 bits per heavy atom. The van der Waals surface area contributed by atoms with Gasteiger partial charge in [0.05, 0.1) is 5.69 Å². The molecule has 0 amide bonds. The fraction of sp³-hybridized carbons (Fsp3) is 0.172. The lowest BCUT2D eigenvalue weighted by molar-refractivity contribution is 0.553. The van der Waals surface area contributed by atoms with Crippen LogP contribution in [0.3, 0.4) is 0 Å². The molecule has 0 saturated carbocycles. The van der Waals surface area contributed by atoms with E-state index in [1.165, 1.54) is 55.8 Å². The van der Waals surface area contributed by atoms with E-state index in [0.29, 0.717) is 0 Å². The van der Waals surface area contributed by atoms with Gasteiger partial charge >= 0.3 is 0 Å². The number of hydrogen-bond donors (Lipinski definition) is 0. The molecule has 1 aliphatic rings. The Morgan fingerprint density at radius 1 is 0.483 bits per heavy atom. The summed E-state index contributed by atoms with van der Waals surface area (Å²) in [6.07, 6.45) is 0. The van der Waals surface area contributed by atoms with Gasteiger partial charge in [-0.05, 0) is 104 Å². The van der Waals surface area contributed by atoms with Crippen molar-refractivity contribution < 1.29 is 4.42 Å². The van der Waals surface area contributed by atoms with E-state index in [-0.39, 0.29) is 16.2 Å². The summed E-state index contributed by atoms with van der Waals surface area (Å²) in [5.74, 6) is 0. The normalized spacial score (nSPS) is 15.0. The molecule has 1 unspecified atom stereocenters. The maximum absolute atomic E-state index is 6.50. The van der Waals surface area contributed by atoms with E-state index in [0.717, 1.165) is 44.4 Å². The van der Waals surface area contributed by atoms with Crippen LogP contribution in [-0.2, 0) is 16.2 Å². The Labute approximate surface area is 354 Å². The van der Waals surface area contributed by atoms with Gasteiger partial charge in [0.2, 0.25) is 0 Å². The van der Waals surface area contributed by atoms with Gasteiger partial charge in [-0.2, -0.15) is 0 Å². The van der Waals surface area contributed by atoms with E-state index in [1.807, 2.05) is 6.07 Å². The monoisotopic (exact) mass is 777 g/mol. The first-order valence-corrected chi connectivity index (χ1v) is 21.3. The van der Waals surface area contributed by atoms with E-state index < -0.39 is 0 Å². The van der Waals surface area contributed by atoms with Crippen molar-refractivity contribution in [1.29, 1.82) is 0 Å². The first kappa shape index (κ1) is 37.6. The lowest BCUT2D eigenvalue weighted by Crippen LogP contribution is -2.28. The summed E-state index contributed by atoms with van der Waals surface area (Å²) in [6, 6.07) is 66.7. The van der Waals surface area contributed by atoms with Crippen molar-refractivity contribution in [2.75, 3.05) is 4.90 Å². The maximum Gasteiger partial charge on any atom is 0.143 e. The highest BCUT2D eigenvalue weighted by Gasteiger charge is 2.46. The van der Waals surface area contributed by atoms with E-state index >= 15 is 0 Å². The van der Waals surface area contributed by atoms with Crippen LogP contribution in [-0.4, -0.2) is 0 Å². The quantitative estimate of drug-likeness (QED) is 0.167. The second-order valence-electron chi connectivity index (χ2n) is 18.7. The SMILES string of the molecule is CC(C)(C)c1cc2c(c(C(C)(C)C)c1)C(C)(c1ccccc1)c1cccc(N(c3ccc(-c4ccccc4)cc3)c3ccc(-c4cccc5c4oc4ccccc45)cc3)c1-2. The second-order valence-corrected chi connectivity index (χ2v) is 18.7. The molecule has 9 aromatic rings. The fourth-order valence-corrected chi connectivity index (χ4v) is 9.66. The molecule has 0 fully saturated rings. The minimum absolute atomic E-state index is 0.0403. The molecular weight excluding hydrogens is 727 g/mol. The predicted molar refractivity (Wildman–Crippen MR) is 254 cm³/mol. The molecule has 0 saturated heterocycles. The first-order chi connectivity index (χ1) is 28.9. The minimum atomic E-state index is -0.376. The Kier molecular flexibility index (Phi) is 8.77. The highest BCUT2D eigenvalue weighted by Crippen LogP contribution is 2.59. The summed E-state index contributed by atoms with van der Waals surface area (Å²) in [5, 5.41) is 2.28. The van der Waals surface area contributed by atoms with Gasteiger partial charge in [0.25, 0.3) is 0 Å². The van der Waals surface area contributed by atoms with Gasteiger partial charge in [-0.3, -0.25) is 0 Å². The van der Waals surface area contributed by atoms with Crippen molar-refractivity contribution in [2.24, 2.45) is 0 Å². The van der Waals surface area contributed by atoms with Gasteiger partial charge in [-0.25, -0.2) is 0 Å². The summed E-state index contributed by atoms with van der Waals surface area (Å²) in [6.45, 7) is 16.6. The number of fused-ring (bicyclic) bond motifs is 6. The summed E-state index contributed by atoms with van der Waals surface area (Å²) in [5.41, 5.74) is 18.7. The topological polar surface area (TPSA) is 16.4 Å². The molecule has 0 bridgehead atoms. The van der Waals surface area contributed by atoms with Gasteiger partial charge in [-0.15, -0.1) is 0 Å². The molecule has 294 valence electrons. The second kappa shape index (κ2) is 14.0.